The van der Waals surface area contributed by atoms with Gasteiger partial charge in [-0.05, 0) is 42.4 Å². The standard InChI is InChI=1S/C22H27N3O4S/c1-14(2)11-23-22(30)25(13-17-6-5-7-29-17)12-16-8-15-9-19(27-3)20(28-4)10-18(15)24-21(16)26/h5-10,14H,11-13H2,1-4H3,(H,23,30)(H,24,26). The van der Waals surface area contributed by atoms with Crippen LogP contribution in [0.15, 0.2) is 45.8 Å². The average molecular weight is 430 g/mol. The Morgan fingerprint density at radius 2 is 1.93 bits per heavy atom. The molecule has 30 heavy (non-hydrogen) atoms. The van der Waals surface area contributed by atoms with E-state index in [4.69, 9.17) is 26.1 Å². The molecule has 0 bridgehead atoms. The number of methoxy groups -OCH3 is 2. The van der Waals surface area contributed by atoms with Gasteiger partial charge in [0.15, 0.2) is 16.6 Å². The molecule has 2 aromatic heterocycles. The van der Waals surface area contributed by atoms with Crippen LogP contribution in [0.5, 0.6) is 11.5 Å². The third kappa shape index (κ3) is 5.13. The second-order valence-corrected chi connectivity index (χ2v) is 7.82. The molecule has 0 amide bonds. The highest BCUT2D eigenvalue weighted by atomic mass is 32.1. The van der Waals surface area contributed by atoms with E-state index in [-0.39, 0.29) is 5.56 Å². The van der Waals surface area contributed by atoms with Crippen LogP contribution in [0.4, 0.5) is 0 Å². The molecule has 160 valence electrons. The number of fused-ring (bicyclic) bond motifs is 1. The maximum atomic E-state index is 12.8. The second-order valence-electron chi connectivity index (χ2n) is 7.43. The number of nitrogens with one attached hydrogen (secondary N) is 2. The summed E-state index contributed by atoms with van der Waals surface area (Å²) in [7, 11) is 3.15. The van der Waals surface area contributed by atoms with Crippen LogP contribution in [0, 0.1) is 5.92 Å². The fraction of sp³-hybridized carbons (Fsp3) is 0.364. The first kappa shape index (κ1) is 21.7. The molecule has 1 aromatic carbocycles. The molecule has 3 aromatic rings. The molecule has 2 N–H and O–H groups in total. The molecule has 0 spiro atoms. The Morgan fingerprint density at radius 3 is 2.57 bits per heavy atom. The molecule has 3 rings (SSSR count). The van der Waals surface area contributed by atoms with Crippen LogP contribution in [0.25, 0.3) is 10.9 Å². The minimum atomic E-state index is -0.175. The van der Waals surface area contributed by atoms with Crippen LogP contribution in [0.1, 0.15) is 25.2 Å². The summed E-state index contributed by atoms with van der Waals surface area (Å²) < 4.78 is 16.2. The number of ether oxygens (including phenoxy) is 2. The maximum Gasteiger partial charge on any atom is 0.253 e. The van der Waals surface area contributed by atoms with Gasteiger partial charge < -0.3 is 29.1 Å². The number of nitrogens with zero attached hydrogens (tertiary/aromatic N) is 1. The van der Waals surface area contributed by atoms with Crippen molar-refractivity contribution in [3.8, 4) is 11.5 Å². The lowest BCUT2D eigenvalue weighted by Crippen LogP contribution is -2.41. The number of benzene rings is 1. The van der Waals surface area contributed by atoms with Crippen molar-refractivity contribution >= 4 is 28.2 Å². The number of hydrogen-bond acceptors (Lipinski definition) is 5. The van der Waals surface area contributed by atoms with Crippen molar-refractivity contribution in [1.29, 1.82) is 0 Å². The number of pyridine rings is 1. The zero-order chi connectivity index (χ0) is 21.7. The Hall–Kier alpha value is -3.00. The Balaban J connectivity index is 1.92. The van der Waals surface area contributed by atoms with Crippen LogP contribution in [0.2, 0.25) is 0 Å². The van der Waals surface area contributed by atoms with Crippen molar-refractivity contribution < 1.29 is 13.9 Å². The van der Waals surface area contributed by atoms with E-state index in [9.17, 15) is 4.79 Å². The SMILES string of the molecule is COc1cc2cc(CN(Cc3ccco3)C(=S)NCC(C)C)c(=O)[nH]c2cc1OC. The maximum absolute atomic E-state index is 12.8. The minimum absolute atomic E-state index is 0.175. The molecule has 0 fully saturated rings. The fourth-order valence-electron chi connectivity index (χ4n) is 3.09. The molecular formula is C22H27N3O4S. The normalized spacial score (nSPS) is 11.0. The predicted octanol–water partition coefficient (Wildman–Crippen LogP) is 3.67. The quantitative estimate of drug-likeness (QED) is 0.529. The van der Waals surface area contributed by atoms with Crippen LogP contribution in [-0.4, -0.2) is 35.8 Å². The molecule has 8 heteroatoms. The van der Waals surface area contributed by atoms with E-state index in [1.807, 2.05) is 29.2 Å². The smallest absolute Gasteiger partial charge is 0.253 e. The second kappa shape index (κ2) is 9.67. The highest BCUT2D eigenvalue weighted by Gasteiger charge is 2.16. The Bertz CT molecular complexity index is 1060. The van der Waals surface area contributed by atoms with Crippen LogP contribution < -0.4 is 20.3 Å². The van der Waals surface area contributed by atoms with Gasteiger partial charge in [0, 0.05) is 23.6 Å². The van der Waals surface area contributed by atoms with E-state index in [1.165, 1.54) is 0 Å². The highest BCUT2D eigenvalue weighted by molar-refractivity contribution is 7.80. The summed E-state index contributed by atoms with van der Waals surface area (Å²) in [4.78, 5) is 17.6. The predicted molar refractivity (Wildman–Crippen MR) is 121 cm³/mol. The van der Waals surface area contributed by atoms with Gasteiger partial charge in [-0.2, -0.15) is 0 Å². The molecule has 0 aliphatic heterocycles. The highest BCUT2D eigenvalue weighted by Crippen LogP contribution is 2.31. The average Bonchev–Trinajstić information content (AvgIpc) is 3.24. The van der Waals surface area contributed by atoms with Gasteiger partial charge in [-0.1, -0.05) is 13.8 Å². The largest absolute Gasteiger partial charge is 0.493 e. The monoisotopic (exact) mass is 429 g/mol. The summed E-state index contributed by atoms with van der Waals surface area (Å²) >= 11 is 5.60. The number of thiocarbonyl (C=S) groups is 1. The summed E-state index contributed by atoms with van der Waals surface area (Å²) in [6.07, 6.45) is 1.63. The molecule has 0 saturated carbocycles. The molecule has 0 unspecified atom stereocenters. The van der Waals surface area contributed by atoms with Gasteiger partial charge in [-0.3, -0.25) is 4.79 Å². The minimum Gasteiger partial charge on any atom is -0.493 e. The van der Waals surface area contributed by atoms with Gasteiger partial charge in [0.2, 0.25) is 0 Å². The Morgan fingerprint density at radius 1 is 1.20 bits per heavy atom. The van der Waals surface area contributed by atoms with E-state index in [2.05, 4.69) is 24.1 Å². The van der Waals surface area contributed by atoms with Crippen molar-refractivity contribution in [2.75, 3.05) is 20.8 Å². The number of rotatable bonds is 8. The molecular weight excluding hydrogens is 402 g/mol. The third-order valence-corrected chi connectivity index (χ3v) is 5.06. The summed E-state index contributed by atoms with van der Waals surface area (Å²) in [6.45, 7) is 5.77. The lowest BCUT2D eigenvalue weighted by atomic mass is 10.1. The van der Waals surface area contributed by atoms with E-state index in [1.54, 1.807) is 26.5 Å². The van der Waals surface area contributed by atoms with E-state index in [0.29, 0.717) is 46.7 Å². The van der Waals surface area contributed by atoms with Crippen molar-refractivity contribution in [2.45, 2.75) is 26.9 Å². The summed E-state index contributed by atoms with van der Waals surface area (Å²) in [6, 6.07) is 9.19. The van der Waals surface area contributed by atoms with Crippen molar-refractivity contribution in [3.05, 3.63) is 58.3 Å². The number of aromatic nitrogens is 1. The van der Waals surface area contributed by atoms with Gasteiger partial charge in [0.1, 0.15) is 5.76 Å². The first-order valence-electron chi connectivity index (χ1n) is 9.74. The fourth-order valence-corrected chi connectivity index (χ4v) is 3.31. The van der Waals surface area contributed by atoms with Crippen LogP contribution in [0.3, 0.4) is 0 Å². The van der Waals surface area contributed by atoms with Crippen molar-refractivity contribution in [2.24, 2.45) is 5.92 Å². The first-order valence-corrected chi connectivity index (χ1v) is 10.1. The molecule has 0 saturated heterocycles. The summed E-state index contributed by atoms with van der Waals surface area (Å²) in [5.41, 5.74) is 1.10. The van der Waals surface area contributed by atoms with Gasteiger partial charge in [0.05, 0.1) is 39.1 Å². The number of furan rings is 1. The number of hydrogen-bond donors (Lipinski definition) is 2. The summed E-state index contributed by atoms with van der Waals surface area (Å²) in [5, 5.41) is 4.70. The molecule has 0 aliphatic rings. The lowest BCUT2D eigenvalue weighted by Gasteiger charge is -2.25. The summed E-state index contributed by atoms with van der Waals surface area (Å²) in [5.74, 6) is 2.38. The van der Waals surface area contributed by atoms with Crippen molar-refractivity contribution in [3.63, 3.8) is 0 Å². The molecule has 0 radical (unpaired) electrons. The Kier molecular flexibility index (Phi) is 6.99. The van der Waals surface area contributed by atoms with Gasteiger partial charge in [-0.25, -0.2) is 0 Å². The van der Waals surface area contributed by atoms with Gasteiger partial charge in [-0.15, -0.1) is 0 Å². The molecule has 0 atom stereocenters. The zero-order valence-electron chi connectivity index (χ0n) is 17.7. The van der Waals surface area contributed by atoms with Crippen LogP contribution in [-0.2, 0) is 13.1 Å². The number of H-pyrrole nitrogens is 1. The van der Waals surface area contributed by atoms with E-state index in [0.717, 1.165) is 17.7 Å². The van der Waals surface area contributed by atoms with Gasteiger partial charge in [0.25, 0.3) is 5.56 Å². The molecule has 7 nitrogen and oxygen atoms in total. The molecule has 2 heterocycles. The zero-order valence-corrected chi connectivity index (χ0v) is 18.5. The first-order chi connectivity index (χ1) is 14.4. The lowest BCUT2D eigenvalue weighted by molar-refractivity contribution is 0.348. The van der Waals surface area contributed by atoms with Crippen LogP contribution >= 0.6 is 12.2 Å². The number of aromatic amines is 1. The third-order valence-electron chi connectivity index (χ3n) is 4.66. The van der Waals surface area contributed by atoms with Gasteiger partial charge >= 0.3 is 0 Å². The Labute approximate surface area is 181 Å². The van der Waals surface area contributed by atoms with Crippen molar-refractivity contribution in [1.82, 2.24) is 15.2 Å². The van der Waals surface area contributed by atoms with E-state index < -0.39 is 0 Å². The molecule has 0 aliphatic carbocycles. The van der Waals surface area contributed by atoms with E-state index >= 15 is 0 Å². The topological polar surface area (TPSA) is 79.7 Å².